The summed E-state index contributed by atoms with van der Waals surface area (Å²) in [6.07, 6.45) is 7.70. The van der Waals surface area contributed by atoms with Crippen molar-refractivity contribution in [3.8, 4) is 5.75 Å². The zero-order valence-corrected chi connectivity index (χ0v) is 17.4. The van der Waals surface area contributed by atoms with E-state index in [4.69, 9.17) is 4.74 Å². The van der Waals surface area contributed by atoms with Crippen LogP contribution in [0.1, 0.15) is 33.8 Å². The first-order chi connectivity index (χ1) is 14.6. The molecule has 2 heterocycles. The molecule has 1 aromatic heterocycles. The zero-order chi connectivity index (χ0) is 20.9. The van der Waals surface area contributed by atoms with Gasteiger partial charge in [0.1, 0.15) is 5.75 Å². The highest BCUT2D eigenvalue weighted by molar-refractivity contribution is 7.99. The lowest BCUT2D eigenvalue weighted by molar-refractivity contribution is 0.0698. The number of rotatable bonds is 6. The number of ether oxygens (including phenoxy) is 1. The van der Waals surface area contributed by atoms with E-state index in [-0.39, 0.29) is 11.5 Å². The van der Waals surface area contributed by atoms with Crippen molar-refractivity contribution in [2.75, 3.05) is 11.9 Å². The van der Waals surface area contributed by atoms with Crippen LogP contribution < -0.4 is 10.1 Å². The minimum atomic E-state index is -0.983. The molecule has 152 valence electrons. The van der Waals surface area contributed by atoms with E-state index in [1.165, 1.54) is 28.9 Å². The first-order valence-electron chi connectivity index (χ1n) is 9.72. The molecule has 2 N–H and O–H groups in total. The number of allylic oxidation sites excluding steroid dienone is 1. The molecule has 3 aromatic rings. The monoisotopic (exact) mass is 418 g/mol. The van der Waals surface area contributed by atoms with E-state index in [1.54, 1.807) is 18.0 Å². The number of carbonyl (C=O) groups is 1. The fourth-order valence-electron chi connectivity index (χ4n) is 3.41. The fraction of sp³-hybridized carbons (Fsp3) is 0.167. The molecule has 0 saturated heterocycles. The van der Waals surface area contributed by atoms with Gasteiger partial charge in [-0.1, -0.05) is 42.1 Å². The van der Waals surface area contributed by atoms with Crippen molar-refractivity contribution >= 4 is 23.4 Å². The molecule has 0 aliphatic carbocycles. The maximum atomic E-state index is 11.3. The van der Waals surface area contributed by atoms with E-state index < -0.39 is 5.97 Å². The van der Waals surface area contributed by atoms with Crippen LogP contribution in [0.4, 0.5) is 5.69 Å². The van der Waals surface area contributed by atoms with Crippen LogP contribution in [0.25, 0.3) is 0 Å². The lowest BCUT2D eigenvalue weighted by atomic mass is 9.93. The van der Waals surface area contributed by atoms with Crippen molar-refractivity contribution in [3.05, 3.63) is 89.9 Å². The summed E-state index contributed by atoms with van der Waals surface area (Å²) in [5.74, 6) is 0.120. The second-order valence-corrected chi connectivity index (χ2v) is 8.16. The van der Waals surface area contributed by atoms with Crippen LogP contribution >= 0.6 is 11.8 Å². The number of fused-ring (bicyclic) bond motifs is 1. The number of carboxylic acids is 1. The van der Waals surface area contributed by atoms with E-state index in [2.05, 4.69) is 53.6 Å². The summed E-state index contributed by atoms with van der Waals surface area (Å²) in [4.78, 5) is 17.7. The number of benzene rings is 2. The molecule has 0 radical (unpaired) electrons. The number of hydrogen-bond donors (Lipinski definition) is 2. The minimum absolute atomic E-state index is 0.194. The zero-order valence-electron chi connectivity index (χ0n) is 16.5. The Hall–Kier alpha value is -3.25. The van der Waals surface area contributed by atoms with Crippen molar-refractivity contribution in [1.82, 2.24) is 4.98 Å². The molecule has 6 heteroatoms. The number of hydrogen-bond acceptors (Lipinski definition) is 5. The molecule has 1 atom stereocenters. The number of aromatic carboxylic acids is 1. The van der Waals surface area contributed by atoms with E-state index in [9.17, 15) is 9.90 Å². The maximum Gasteiger partial charge on any atom is 0.337 e. The number of aryl methyl sites for hydroxylation is 1. The molecule has 0 spiro atoms. The average molecular weight is 419 g/mol. The first kappa shape index (κ1) is 20.0. The summed E-state index contributed by atoms with van der Waals surface area (Å²) in [6, 6.07) is 16.2. The second kappa shape index (κ2) is 9.05. The Morgan fingerprint density at radius 1 is 1.27 bits per heavy atom. The van der Waals surface area contributed by atoms with E-state index in [0.29, 0.717) is 12.3 Å². The summed E-state index contributed by atoms with van der Waals surface area (Å²) >= 11 is 1.73. The van der Waals surface area contributed by atoms with Crippen LogP contribution in [-0.4, -0.2) is 22.7 Å². The van der Waals surface area contributed by atoms with E-state index >= 15 is 0 Å². The summed E-state index contributed by atoms with van der Waals surface area (Å²) in [7, 11) is 0. The molecule has 1 unspecified atom stereocenters. The summed E-state index contributed by atoms with van der Waals surface area (Å²) < 4.78 is 5.92. The standard InChI is InChI=1S/C24H22N2O3S/c1-16-4-2-3-5-23(16)30-18-6-7-19-17(10-13-29-22(19)14-18)8-12-26-21-15-25-11-9-20(21)24(27)28/h2-9,11-12,14-15,17,26H,10,13H2,1H3,(H,27,28)/b12-8+. The Morgan fingerprint density at radius 2 is 2.13 bits per heavy atom. The largest absolute Gasteiger partial charge is 0.493 e. The lowest BCUT2D eigenvalue weighted by Crippen LogP contribution is -2.13. The SMILES string of the molecule is Cc1ccccc1Sc1ccc2c(c1)OCCC2/C=C/Nc1cnccc1C(=O)O. The maximum absolute atomic E-state index is 11.3. The molecule has 0 amide bonds. The van der Waals surface area contributed by atoms with Gasteiger partial charge in [0.15, 0.2) is 0 Å². The molecule has 0 saturated carbocycles. The smallest absolute Gasteiger partial charge is 0.337 e. The molecule has 4 rings (SSSR count). The van der Waals surface area contributed by atoms with Crippen molar-refractivity contribution < 1.29 is 14.6 Å². The van der Waals surface area contributed by atoms with Gasteiger partial charge >= 0.3 is 5.97 Å². The molecule has 1 aliphatic heterocycles. The topological polar surface area (TPSA) is 71.5 Å². The van der Waals surface area contributed by atoms with Crippen molar-refractivity contribution in [2.45, 2.75) is 29.1 Å². The van der Waals surface area contributed by atoms with Gasteiger partial charge in [-0.3, -0.25) is 4.98 Å². The Labute approximate surface area is 179 Å². The number of nitrogens with zero attached hydrogens (tertiary/aromatic N) is 1. The van der Waals surface area contributed by atoms with Crippen LogP contribution in [0.3, 0.4) is 0 Å². The van der Waals surface area contributed by atoms with Crippen LogP contribution in [0.5, 0.6) is 5.75 Å². The minimum Gasteiger partial charge on any atom is -0.493 e. The fourth-order valence-corrected chi connectivity index (χ4v) is 4.34. The van der Waals surface area contributed by atoms with Gasteiger partial charge in [-0.15, -0.1) is 0 Å². The molecular formula is C24H22N2O3S. The Morgan fingerprint density at radius 3 is 2.97 bits per heavy atom. The van der Waals surface area contributed by atoms with E-state index in [0.717, 1.165) is 22.6 Å². The van der Waals surface area contributed by atoms with Gasteiger partial charge in [0, 0.05) is 27.5 Å². The molecule has 0 fully saturated rings. The number of anilines is 1. The molecular weight excluding hydrogens is 396 g/mol. The van der Waals surface area contributed by atoms with E-state index in [1.807, 2.05) is 12.1 Å². The summed E-state index contributed by atoms with van der Waals surface area (Å²) in [6.45, 7) is 2.76. The number of carboxylic acid groups (broad SMARTS) is 1. The average Bonchev–Trinajstić information content (AvgIpc) is 2.75. The third-order valence-electron chi connectivity index (χ3n) is 5.01. The molecule has 2 aromatic carbocycles. The Balaban J connectivity index is 1.50. The quantitative estimate of drug-likeness (QED) is 0.533. The van der Waals surface area contributed by atoms with Crippen molar-refractivity contribution in [2.24, 2.45) is 0 Å². The number of aromatic nitrogens is 1. The van der Waals surface area contributed by atoms with Crippen molar-refractivity contribution in [3.63, 3.8) is 0 Å². The highest BCUT2D eigenvalue weighted by Gasteiger charge is 2.20. The second-order valence-electron chi connectivity index (χ2n) is 7.04. The summed E-state index contributed by atoms with van der Waals surface area (Å²) in [5, 5.41) is 12.3. The molecule has 0 bridgehead atoms. The predicted molar refractivity (Wildman–Crippen MR) is 119 cm³/mol. The molecule has 1 aliphatic rings. The predicted octanol–water partition coefficient (Wildman–Crippen LogP) is 5.73. The van der Waals surface area contributed by atoms with Gasteiger partial charge in [-0.25, -0.2) is 4.79 Å². The van der Waals surface area contributed by atoms with Crippen LogP contribution in [-0.2, 0) is 0 Å². The van der Waals surface area contributed by atoms with Gasteiger partial charge in [0.25, 0.3) is 0 Å². The number of pyridine rings is 1. The van der Waals surface area contributed by atoms with Crippen LogP contribution in [0, 0.1) is 6.92 Å². The highest BCUT2D eigenvalue weighted by Crippen LogP contribution is 2.39. The lowest BCUT2D eigenvalue weighted by Gasteiger charge is -2.24. The van der Waals surface area contributed by atoms with Crippen LogP contribution in [0.2, 0.25) is 0 Å². The molecule has 30 heavy (non-hydrogen) atoms. The van der Waals surface area contributed by atoms with Gasteiger partial charge < -0.3 is 15.2 Å². The number of nitrogens with one attached hydrogen (secondary N) is 1. The first-order valence-corrected chi connectivity index (χ1v) is 10.5. The van der Waals surface area contributed by atoms with Gasteiger partial charge in [0.2, 0.25) is 0 Å². The Bertz CT molecular complexity index is 1100. The third kappa shape index (κ3) is 4.49. The normalized spacial score (nSPS) is 15.4. The van der Waals surface area contributed by atoms with Crippen molar-refractivity contribution in [1.29, 1.82) is 0 Å². The highest BCUT2D eigenvalue weighted by atomic mass is 32.2. The molecule has 5 nitrogen and oxygen atoms in total. The Kier molecular flexibility index (Phi) is 6.05. The van der Waals surface area contributed by atoms with Gasteiger partial charge in [-0.2, -0.15) is 0 Å². The van der Waals surface area contributed by atoms with Gasteiger partial charge in [0.05, 0.1) is 24.1 Å². The third-order valence-corrected chi connectivity index (χ3v) is 6.18. The van der Waals surface area contributed by atoms with Gasteiger partial charge in [-0.05, 0) is 49.4 Å². The summed E-state index contributed by atoms with van der Waals surface area (Å²) in [5.41, 5.74) is 3.06. The van der Waals surface area contributed by atoms with Crippen LogP contribution in [0.15, 0.2) is 83.0 Å².